The molecule has 84 valence electrons. The summed E-state index contributed by atoms with van der Waals surface area (Å²) in [6.45, 7) is 4.25. The van der Waals surface area contributed by atoms with Crippen LogP contribution in [0.4, 0.5) is 0 Å². The van der Waals surface area contributed by atoms with Gasteiger partial charge < -0.3 is 5.73 Å². The van der Waals surface area contributed by atoms with Crippen LogP contribution >= 0.6 is 11.8 Å². The molecule has 2 unspecified atom stereocenters. The molecule has 0 spiro atoms. The highest BCUT2D eigenvalue weighted by atomic mass is 32.2. The standard InChI is InChI=1S/C10H18N4S/c1-7(2)14-10(12-6-13-14)3-8-4-15-5-9(8)11/h6-9H,3-5,11H2,1-2H3. The van der Waals surface area contributed by atoms with E-state index in [0.717, 1.165) is 23.8 Å². The van der Waals surface area contributed by atoms with E-state index in [4.69, 9.17) is 5.73 Å². The highest BCUT2D eigenvalue weighted by Gasteiger charge is 2.26. The summed E-state index contributed by atoms with van der Waals surface area (Å²) in [6.07, 6.45) is 2.61. The minimum Gasteiger partial charge on any atom is -0.327 e. The van der Waals surface area contributed by atoms with Gasteiger partial charge in [-0.1, -0.05) is 0 Å². The number of nitrogens with zero attached hydrogens (tertiary/aromatic N) is 3. The molecule has 2 atom stereocenters. The van der Waals surface area contributed by atoms with Crippen LogP contribution in [0, 0.1) is 5.92 Å². The highest BCUT2D eigenvalue weighted by molar-refractivity contribution is 7.99. The zero-order valence-electron chi connectivity index (χ0n) is 9.26. The van der Waals surface area contributed by atoms with Crippen LogP contribution in [0.3, 0.4) is 0 Å². The molecular weight excluding hydrogens is 208 g/mol. The summed E-state index contributed by atoms with van der Waals surface area (Å²) in [7, 11) is 0. The summed E-state index contributed by atoms with van der Waals surface area (Å²) in [5.74, 6) is 3.89. The normalized spacial score (nSPS) is 26.4. The molecule has 4 nitrogen and oxygen atoms in total. The molecule has 5 heteroatoms. The quantitative estimate of drug-likeness (QED) is 0.838. The molecule has 0 aromatic carbocycles. The number of aromatic nitrogens is 3. The third-order valence-electron chi connectivity index (χ3n) is 2.83. The predicted molar refractivity (Wildman–Crippen MR) is 62.9 cm³/mol. The second kappa shape index (κ2) is 4.53. The molecule has 1 aromatic rings. The van der Waals surface area contributed by atoms with Crippen molar-refractivity contribution >= 4 is 11.8 Å². The van der Waals surface area contributed by atoms with Crippen molar-refractivity contribution < 1.29 is 0 Å². The number of hydrogen-bond acceptors (Lipinski definition) is 4. The van der Waals surface area contributed by atoms with Gasteiger partial charge in [-0.15, -0.1) is 0 Å². The zero-order valence-corrected chi connectivity index (χ0v) is 10.1. The summed E-state index contributed by atoms with van der Waals surface area (Å²) >= 11 is 1.94. The van der Waals surface area contributed by atoms with E-state index >= 15 is 0 Å². The smallest absolute Gasteiger partial charge is 0.138 e. The Morgan fingerprint density at radius 2 is 2.40 bits per heavy atom. The first-order chi connectivity index (χ1) is 7.18. The largest absolute Gasteiger partial charge is 0.327 e. The molecule has 2 heterocycles. The molecule has 0 radical (unpaired) electrons. The van der Waals surface area contributed by atoms with Crippen LogP contribution in [0.2, 0.25) is 0 Å². The van der Waals surface area contributed by atoms with Gasteiger partial charge in [0.25, 0.3) is 0 Å². The van der Waals surface area contributed by atoms with Gasteiger partial charge in [-0.05, 0) is 25.5 Å². The fraction of sp³-hybridized carbons (Fsp3) is 0.800. The lowest BCUT2D eigenvalue weighted by Gasteiger charge is -2.15. The first-order valence-electron chi connectivity index (χ1n) is 5.40. The van der Waals surface area contributed by atoms with Crippen LogP contribution < -0.4 is 5.73 Å². The van der Waals surface area contributed by atoms with Crippen LogP contribution in [0.1, 0.15) is 25.7 Å². The molecule has 1 aromatic heterocycles. The fourth-order valence-electron chi connectivity index (χ4n) is 1.91. The van der Waals surface area contributed by atoms with Crippen molar-refractivity contribution in [1.82, 2.24) is 14.8 Å². The molecule has 1 aliphatic heterocycles. The lowest BCUT2D eigenvalue weighted by Crippen LogP contribution is -2.30. The molecule has 0 aliphatic carbocycles. The Morgan fingerprint density at radius 1 is 1.60 bits per heavy atom. The molecule has 1 aliphatic rings. The summed E-state index contributed by atoms with van der Waals surface area (Å²) in [5.41, 5.74) is 6.04. The van der Waals surface area contributed by atoms with Crippen molar-refractivity contribution in [3.05, 3.63) is 12.2 Å². The second-order valence-corrected chi connectivity index (χ2v) is 5.46. The molecule has 2 N–H and O–H groups in total. The van der Waals surface area contributed by atoms with Gasteiger partial charge in [-0.2, -0.15) is 16.9 Å². The topological polar surface area (TPSA) is 56.7 Å². The van der Waals surface area contributed by atoms with Crippen molar-refractivity contribution in [1.29, 1.82) is 0 Å². The maximum Gasteiger partial charge on any atom is 0.138 e. The monoisotopic (exact) mass is 226 g/mol. The van der Waals surface area contributed by atoms with E-state index in [1.807, 2.05) is 16.4 Å². The predicted octanol–water partition coefficient (Wildman–Crippen LogP) is 1.09. The van der Waals surface area contributed by atoms with Gasteiger partial charge in [-0.25, -0.2) is 9.67 Å². The van der Waals surface area contributed by atoms with E-state index in [-0.39, 0.29) is 0 Å². The lowest BCUT2D eigenvalue weighted by molar-refractivity contribution is 0.451. The van der Waals surface area contributed by atoms with Crippen molar-refractivity contribution in [2.75, 3.05) is 11.5 Å². The Balaban J connectivity index is 2.06. The first-order valence-corrected chi connectivity index (χ1v) is 6.55. The molecule has 1 fully saturated rings. The van der Waals surface area contributed by atoms with Crippen LogP contribution in [-0.4, -0.2) is 32.3 Å². The van der Waals surface area contributed by atoms with Gasteiger partial charge in [0.05, 0.1) is 0 Å². The number of rotatable bonds is 3. The molecule has 0 bridgehead atoms. The van der Waals surface area contributed by atoms with Gasteiger partial charge in [0.2, 0.25) is 0 Å². The first kappa shape index (κ1) is 11.0. The average Bonchev–Trinajstić information content (AvgIpc) is 2.77. The van der Waals surface area contributed by atoms with Gasteiger partial charge in [-0.3, -0.25) is 0 Å². The fourth-order valence-corrected chi connectivity index (χ4v) is 3.26. The number of hydrogen-bond donors (Lipinski definition) is 1. The SMILES string of the molecule is CC(C)n1ncnc1CC1CSCC1N. The van der Waals surface area contributed by atoms with Crippen LogP contribution in [-0.2, 0) is 6.42 Å². The van der Waals surface area contributed by atoms with Crippen molar-refractivity contribution in [3.63, 3.8) is 0 Å². The summed E-state index contributed by atoms with van der Waals surface area (Å²) in [6, 6.07) is 0.708. The maximum absolute atomic E-state index is 6.04. The second-order valence-electron chi connectivity index (χ2n) is 4.38. The summed E-state index contributed by atoms with van der Waals surface area (Å²) in [4.78, 5) is 4.32. The molecule has 15 heavy (non-hydrogen) atoms. The minimum absolute atomic E-state index is 0.326. The highest BCUT2D eigenvalue weighted by Crippen LogP contribution is 2.25. The molecule has 1 saturated heterocycles. The van der Waals surface area contributed by atoms with Gasteiger partial charge in [0.1, 0.15) is 12.2 Å². The Labute approximate surface area is 94.6 Å². The van der Waals surface area contributed by atoms with Crippen LogP contribution in [0.25, 0.3) is 0 Å². The third kappa shape index (κ3) is 2.34. The van der Waals surface area contributed by atoms with E-state index < -0.39 is 0 Å². The Bertz CT molecular complexity index is 323. The average molecular weight is 226 g/mol. The van der Waals surface area contributed by atoms with E-state index in [0.29, 0.717) is 18.0 Å². The van der Waals surface area contributed by atoms with E-state index in [2.05, 4.69) is 23.9 Å². The third-order valence-corrected chi connectivity index (χ3v) is 4.11. The van der Waals surface area contributed by atoms with Crippen molar-refractivity contribution in [2.24, 2.45) is 11.7 Å². The summed E-state index contributed by atoms with van der Waals surface area (Å²) in [5, 5.41) is 4.24. The van der Waals surface area contributed by atoms with Crippen molar-refractivity contribution in [2.45, 2.75) is 32.4 Å². The molecule has 0 saturated carbocycles. The number of nitrogens with two attached hydrogens (primary N) is 1. The van der Waals surface area contributed by atoms with E-state index in [9.17, 15) is 0 Å². The van der Waals surface area contributed by atoms with Gasteiger partial charge in [0.15, 0.2) is 0 Å². The lowest BCUT2D eigenvalue weighted by atomic mass is 10.0. The summed E-state index contributed by atoms with van der Waals surface area (Å²) < 4.78 is 2.00. The van der Waals surface area contributed by atoms with Gasteiger partial charge in [0, 0.05) is 24.3 Å². The van der Waals surface area contributed by atoms with Crippen LogP contribution in [0.15, 0.2) is 6.33 Å². The zero-order chi connectivity index (χ0) is 10.8. The van der Waals surface area contributed by atoms with E-state index in [1.54, 1.807) is 6.33 Å². The Kier molecular flexibility index (Phi) is 3.31. The Hall–Kier alpha value is -0.550. The Morgan fingerprint density at radius 3 is 3.00 bits per heavy atom. The van der Waals surface area contributed by atoms with Crippen LogP contribution in [0.5, 0.6) is 0 Å². The minimum atomic E-state index is 0.326. The number of thioether (sulfide) groups is 1. The van der Waals surface area contributed by atoms with Crippen molar-refractivity contribution in [3.8, 4) is 0 Å². The van der Waals surface area contributed by atoms with E-state index in [1.165, 1.54) is 0 Å². The molecule has 2 rings (SSSR count). The van der Waals surface area contributed by atoms with Gasteiger partial charge >= 0.3 is 0 Å². The molecule has 0 amide bonds. The maximum atomic E-state index is 6.04. The molecular formula is C10H18N4S.